The number of aldehydes is 1. The summed E-state index contributed by atoms with van der Waals surface area (Å²) >= 11 is 0. The van der Waals surface area contributed by atoms with Gasteiger partial charge in [-0.1, -0.05) is 6.92 Å². The van der Waals surface area contributed by atoms with Gasteiger partial charge in [0.1, 0.15) is 12.0 Å². The summed E-state index contributed by atoms with van der Waals surface area (Å²) in [5.41, 5.74) is 3.18. The van der Waals surface area contributed by atoms with E-state index in [-0.39, 0.29) is 0 Å². The first kappa shape index (κ1) is 12.1. The summed E-state index contributed by atoms with van der Waals surface area (Å²) in [5, 5.41) is 0. The van der Waals surface area contributed by atoms with Gasteiger partial charge in [0.2, 0.25) is 0 Å². The molecule has 0 aliphatic carbocycles. The van der Waals surface area contributed by atoms with Crippen LogP contribution in [0.15, 0.2) is 12.1 Å². The van der Waals surface area contributed by atoms with Gasteiger partial charge in [0, 0.05) is 24.2 Å². The van der Waals surface area contributed by atoms with Crippen LogP contribution in [-0.2, 0) is 13.0 Å². The van der Waals surface area contributed by atoms with E-state index in [0.29, 0.717) is 6.61 Å². The molecule has 0 bridgehead atoms. The summed E-state index contributed by atoms with van der Waals surface area (Å²) in [5.74, 6) is 0.948. The number of hydrogen-bond acceptors (Lipinski definition) is 3. The van der Waals surface area contributed by atoms with Gasteiger partial charge in [0.05, 0.1) is 6.61 Å². The van der Waals surface area contributed by atoms with Crippen molar-refractivity contribution in [3.8, 4) is 5.75 Å². The number of likely N-dealkylation sites (N-methyl/N-ethyl adjacent to an activating group) is 1. The average Bonchev–Trinajstić information content (AvgIpc) is 2.38. The standard InChI is InChI=1S/C14H19NO2/c1-3-15-8-7-12-13(9-15)11(10-16)5-6-14(12)17-4-2/h5-6,10H,3-4,7-9H2,1-2H3. The van der Waals surface area contributed by atoms with Crippen LogP contribution in [0.1, 0.15) is 35.3 Å². The Bertz CT molecular complexity index is 415. The van der Waals surface area contributed by atoms with Gasteiger partial charge in [0.15, 0.2) is 0 Å². The highest BCUT2D eigenvalue weighted by Gasteiger charge is 2.21. The Hall–Kier alpha value is -1.35. The molecule has 3 nitrogen and oxygen atoms in total. The van der Waals surface area contributed by atoms with Crippen LogP contribution in [0.2, 0.25) is 0 Å². The van der Waals surface area contributed by atoms with Crippen LogP contribution in [0.3, 0.4) is 0 Å². The molecule has 0 saturated heterocycles. The summed E-state index contributed by atoms with van der Waals surface area (Å²) in [6.45, 7) is 7.74. The minimum atomic E-state index is 0.671. The van der Waals surface area contributed by atoms with Gasteiger partial charge in [-0.3, -0.25) is 9.69 Å². The molecular formula is C14H19NO2. The second kappa shape index (κ2) is 5.32. The molecule has 0 radical (unpaired) electrons. The molecule has 92 valence electrons. The fourth-order valence-corrected chi connectivity index (χ4v) is 2.39. The van der Waals surface area contributed by atoms with Crippen molar-refractivity contribution >= 4 is 6.29 Å². The minimum absolute atomic E-state index is 0.671. The molecule has 1 aromatic carbocycles. The number of hydrogen-bond donors (Lipinski definition) is 0. The molecule has 17 heavy (non-hydrogen) atoms. The second-order valence-corrected chi connectivity index (χ2v) is 4.28. The third kappa shape index (κ3) is 2.34. The number of carbonyl (C=O) groups is 1. The topological polar surface area (TPSA) is 29.5 Å². The van der Waals surface area contributed by atoms with Crippen molar-refractivity contribution < 1.29 is 9.53 Å². The molecule has 1 aliphatic rings. The number of benzene rings is 1. The molecular weight excluding hydrogens is 214 g/mol. The Balaban J connectivity index is 2.41. The largest absolute Gasteiger partial charge is 0.494 e. The molecule has 0 atom stereocenters. The van der Waals surface area contributed by atoms with Crippen molar-refractivity contribution in [3.05, 3.63) is 28.8 Å². The van der Waals surface area contributed by atoms with Crippen molar-refractivity contribution in [2.75, 3.05) is 19.7 Å². The highest BCUT2D eigenvalue weighted by molar-refractivity contribution is 5.79. The normalized spacial score (nSPS) is 15.4. The Kier molecular flexibility index (Phi) is 3.79. The van der Waals surface area contributed by atoms with Crippen molar-refractivity contribution in [1.82, 2.24) is 4.90 Å². The lowest BCUT2D eigenvalue weighted by Gasteiger charge is -2.29. The van der Waals surface area contributed by atoms with Gasteiger partial charge in [0.25, 0.3) is 0 Å². The molecule has 1 aliphatic heterocycles. The Morgan fingerprint density at radius 3 is 2.82 bits per heavy atom. The van der Waals surface area contributed by atoms with Crippen molar-refractivity contribution in [3.63, 3.8) is 0 Å². The summed E-state index contributed by atoms with van der Waals surface area (Å²) < 4.78 is 5.64. The third-order valence-corrected chi connectivity index (χ3v) is 3.36. The molecule has 0 aromatic heterocycles. The van der Waals surface area contributed by atoms with E-state index in [1.165, 1.54) is 5.56 Å². The second-order valence-electron chi connectivity index (χ2n) is 4.28. The van der Waals surface area contributed by atoms with E-state index in [4.69, 9.17) is 4.74 Å². The number of carbonyl (C=O) groups excluding carboxylic acids is 1. The highest BCUT2D eigenvalue weighted by Crippen LogP contribution is 2.30. The summed E-state index contributed by atoms with van der Waals surface area (Å²) in [6.07, 6.45) is 1.92. The van der Waals surface area contributed by atoms with Crippen LogP contribution in [-0.4, -0.2) is 30.9 Å². The van der Waals surface area contributed by atoms with E-state index in [1.54, 1.807) is 0 Å². The maximum atomic E-state index is 11.1. The molecule has 0 fully saturated rings. The molecule has 1 heterocycles. The first-order chi connectivity index (χ1) is 8.30. The van der Waals surface area contributed by atoms with E-state index in [9.17, 15) is 4.79 Å². The molecule has 2 rings (SSSR count). The fourth-order valence-electron chi connectivity index (χ4n) is 2.39. The van der Waals surface area contributed by atoms with Gasteiger partial charge in [-0.25, -0.2) is 0 Å². The first-order valence-corrected chi connectivity index (χ1v) is 6.25. The lowest BCUT2D eigenvalue weighted by atomic mass is 9.94. The van der Waals surface area contributed by atoms with Crippen LogP contribution in [0.4, 0.5) is 0 Å². The molecule has 0 unspecified atom stereocenters. The van der Waals surface area contributed by atoms with Gasteiger partial charge in [-0.2, -0.15) is 0 Å². The zero-order valence-corrected chi connectivity index (χ0v) is 10.5. The SMILES string of the molecule is CCOc1ccc(C=O)c2c1CCN(CC)C2. The summed E-state index contributed by atoms with van der Waals surface area (Å²) in [6, 6.07) is 3.80. The molecule has 0 amide bonds. The number of nitrogens with zero attached hydrogens (tertiary/aromatic N) is 1. The quantitative estimate of drug-likeness (QED) is 0.747. The highest BCUT2D eigenvalue weighted by atomic mass is 16.5. The van der Waals surface area contributed by atoms with Crippen LogP contribution >= 0.6 is 0 Å². The van der Waals surface area contributed by atoms with Gasteiger partial charge in [-0.05, 0) is 37.6 Å². The maximum Gasteiger partial charge on any atom is 0.150 e. The fraction of sp³-hybridized carbons (Fsp3) is 0.500. The van der Waals surface area contributed by atoms with E-state index in [0.717, 1.165) is 49.2 Å². The van der Waals surface area contributed by atoms with Gasteiger partial charge in [-0.15, -0.1) is 0 Å². The summed E-state index contributed by atoms with van der Waals surface area (Å²) in [7, 11) is 0. The third-order valence-electron chi connectivity index (χ3n) is 3.36. The summed E-state index contributed by atoms with van der Waals surface area (Å²) in [4.78, 5) is 13.4. The Labute approximate surface area is 102 Å². The van der Waals surface area contributed by atoms with Crippen LogP contribution in [0.25, 0.3) is 0 Å². The number of fused-ring (bicyclic) bond motifs is 1. The van der Waals surface area contributed by atoms with E-state index < -0.39 is 0 Å². The molecule has 0 spiro atoms. The number of rotatable bonds is 4. The predicted octanol–water partition coefficient (Wildman–Crippen LogP) is 2.28. The van der Waals surface area contributed by atoms with E-state index >= 15 is 0 Å². The van der Waals surface area contributed by atoms with Crippen molar-refractivity contribution in [1.29, 1.82) is 0 Å². The van der Waals surface area contributed by atoms with Crippen molar-refractivity contribution in [2.24, 2.45) is 0 Å². The molecule has 0 saturated carbocycles. The van der Waals surface area contributed by atoms with Crippen LogP contribution in [0.5, 0.6) is 5.75 Å². The Morgan fingerprint density at radius 2 is 2.18 bits per heavy atom. The zero-order valence-electron chi connectivity index (χ0n) is 10.5. The smallest absolute Gasteiger partial charge is 0.150 e. The van der Waals surface area contributed by atoms with Gasteiger partial charge < -0.3 is 4.74 Å². The Morgan fingerprint density at radius 1 is 1.35 bits per heavy atom. The first-order valence-electron chi connectivity index (χ1n) is 6.25. The minimum Gasteiger partial charge on any atom is -0.494 e. The monoisotopic (exact) mass is 233 g/mol. The zero-order chi connectivity index (χ0) is 12.3. The lowest BCUT2D eigenvalue weighted by molar-refractivity contribution is 0.112. The van der Waals surface area contributed by atoms with Gasteiger partial charge >= 0.3 is 0 Å². The van der Waals surface area contributed by atoms with Crippen LogP contribution in [0, 0.1) is 0 Å². The molecule has 1 aromatic rings. The average molecular weight is 233 g/mol. The molecule has 3 heteroatoms. The van der Waals surface area contributed by atoms with Crippen LogP contribution < -0.4 is 4.74 Å². The molecule has 0 N–H and O–H groups in total. The number of ether oxygens (including phenoxy) is 1. The lowest BCUT2D eigenvalue weighted by Crippen LogP contribution is -2.31. The maximum absolute atomic E-state index is 11.1. The predicted molar refractivity (Wildman–Crippen MR) is 67.7 cm³/mol. The van der Waals surface area contributed by atoms with E-state index in [1.807, 2.05) is 19.1 Å². The van der Waals surface area contributed by atoms with E-state index in [2.05, 4.69) is 11.8 Å². The van der Waals surface area contributed by atoms with Crippen molar-refractivity contribution in [2.45, 2.75) is 26.8 Å².